The van der Waals surface area contributed by atoms with Gasteiger partial charge in [-0.15, -0.1) is 0 Å². The second kappa shape index (κ2) is 6.12. The minimum absolute atomic E-state index is 0.225. The zero-order valence-electron chi connectivity index (χ0n) is 13.4. The number of pyridine rings is 1. The summed E-state index contributed by atoms with van der Waals surface area (Å²) < 4.78 is 6.76. The number of phenols is 1. The van der Waals surface area contributed by atoms with E-state index in [1.807, 2.05) is 30.5 Å². The molecule has 0 aliphatic carbocycles. The van der Waals surface area contributed by atoms with E-state index >= 15 is 0 Å². The summed E-state index contributed by atoms with van der Waals surface area (Å²) >= 11 is 0. The number of nitrogens with one attached hydrogen (secondary N) is 1. The lowest BCUT2D eigenvalue weighted by atomic mass is 10.1. The Morgan fingerprint density at radius 1 is 1.04 bits per heavy atom. The maximum absolute atomic E-state index is 9.45. The van der Waals surface area contributed by atoms with Crippen molar-refractivity contribution in [3.63, 3.8) is 0 Å². The first-order valence-electron chi connectivity index (χ1n) is 7.64. The molecule has 0 radical (unpaired) electrons. The van der Waals surface area contributed by atoms with E-state index in [2.05, 4.69) is 20.4 Å². The first-order chi connectivity index (χ1) is 12.2. The number of fused-ring (bicyclic) bond motifs is 1. The van der Waals surface area contributed by atoms with Crippen LogP contribution in [0.15, 0.2) is 61.1 Å². The molecule has 3 heterocycles. The van der Waals surface area contributed by atoms with E-state index in [0.717, 1.165) is 22.5 Å². The van der Waals surface area contributed by atoms with Crippen LogP contribution in [0, 0.1) is 0 Å². The van der Waals surface area contributed by atoms with Crippen LogP contribution in [0.2, 0.25) is 0 Å². The fourth-order valence-corrected chi connectivity index (χ4v) is 2.51. The number of rotatable bonds is 4. The number of hydrogen-bond donors (Lipinski definition) is 2. The molecule has 0 atom stereocenters. The van der Waals surface area contributed by atoms with Crippen molar-refractivity contribution in [2.24, 2.45) is 0 Å². The highest BCUT2D eigenvalue weighted by atomic mass is 16.5. The molecule has 25 heavy (non-hydrogen) atoms. The van der Waals surface area contributed by atoms with Crippen molar-refractivity contribution in [1.29, 1.82) is 0 Å². The van der Waals surface area contributed by atoms with Crippen LogP contribution in [0.25, 0.3) is 16.8 Å². The van der Waals surface area contributed by atoms with Crippen molar-refractivity contribution < 1.29 is 9.84 Å². The van der Waals surface area contributed by atoms with Crippen molar-refractivity contribution in [3.8, 4) is 22.8 Å². The normalized spacial score (nSPS) is 10.8. The van der Waals surface area contributed by atoms with Crippen molar-refractivity contribution in [3.05, 3.63) is 61.1 Å². The molecule has 0 fully saturated rings. The Labute approximate surface area is 143 Å². The Morgan fingerprint density at radius 3 is 2.60 bits per heavy atom. The third kappa shape index (κ3) is 2.94. The molecule has 0 saturated carbocycles. The van der Waals surface area contributed by atoms with Gasteiger partial charge in [0.15, 0.2) is 5.65 Å². The first kappa shape index (κ1) is 14.9. The van der Waals surface area contributed by atoms with Crippen molar-refractivity contribution in [2.45, 2.75) is 0 Å². The molecule has 0 spiro atoms. The number of nitrogens with zero attached hydrogens (tertiary/aromatic N) is 4. The quantitative estimate of drug-likeness (QED) is 0.596. The van der Waals surface area contributed by atoms with Gasteiger partial charge in [-0.3, -0.25) is 0 Å². The van der Waals surface area contributed by atoms with Gasteiger partial charge in [-0.25, -0.2) is 14.5 Å². The van der Waals surface area contributed by atoms with E-state index < -0.39 is 0 Å². The summed E-state index contributed by atoms with van der Waals surface area (Å²) in [5.41, 5.74) is 3.35. The molecular formula is C18H15N5O2. The van der Waals surface area contributed by atoms with Crippen molar-refractivity contribution >= 4 is 17.2 Å². The van der Waals surface area contributed by atoms with Crippen LogP contribution in [-0.4, -0.2) is 31.8 Å². The van der Waals surface area contributed by atoms with Gasteiger partial charge >= 0.3 is 0 Å². The standard InChI is InChI=1S/C18H15N5O2/c1-25-17-7-4-13(10-19-17)21-16-8-9-23-18(22-16)15(11-20-23)12-2-5-14(24)6-3-12/h2-11,24H,1H3,(H,21,22). The van der Waals surface area contributed by atoms with Gasteiger partial charge in [0.1, 0.15) is 11.6 Å². The summed E-state index contributed by atoms with van der Waals surface area (Å²) in [5, 5.41) is 17.0. The van der Waals surface area contributed by atoms with Crippen molar-refractivity contribution in [1.82, 2.24) is 19.6 Å². The molecule has 1 aromatic carbocycles. The van der Waals surface area contributed by atoms with Crippen LogP contribution in [0.4, 0.5) is 11.5 Å². The number of ether oxygens (including phenoxy) is 1. The van der Waals surface area contributed by atoms with Crippen LogP contribution in [0.1, 0.15) is 0 Å². The van der Waals surface area contributed by atoms with Gasteiger partial charge in [-0.05, 0) is 29.8 Å². The minimum Gasteiger partial charge on any atom is -0.508 e. The molecule has 0 amide bonds. The number of methoxy groups -OCH3 is 1. The minimum atomic E-state index is 0.225. The second-order valence-electron chi connectivity index (χ2n) is 5.40. The largest absolute Gasteiger partial charge is 0.508 e. The second-order valence-corrected chi connectivity index (χ2v) is 5.40. The third-order valence-electron chi connectivity index (χ3n) is 3.77. The Morgan fingerprint density at radius 2 is 1.88 bits per heavy atom. The maximum atomic E-state index is 9.45. The summed E-state index contributed by atoms with van der Waals surface area (Å²) in [6, 6.07) is 12.4. The molecule has 0 aliphatic rings. The maximum Gasteiger partial charge on any atom is 0.213 e. The highest BCUT2D eigenvalue weighted by Gasteiger charge is 2.09. The average molecular weight is 333 g/mol. The lowest BCUT2D eigenvalue weighted by Gasteiger charge is -2.07. The molecule has 7 nitrogen and oxygen atoms in total. The SMILES string of the molecule is COc1ccc(Nc2ccn3ncc(-c4ccc(O)cc4)c3n2)cn1. The lowest BCUT2D eigenvalue weighted by Crippen LogP contribution is -1.98. The van der Waals surface area contributed by atoms with Crippen LogP contribution in [-0.2, 0) is 0 Å². The summed E-state index contributed by atoms with van der Waals surface area (Å²) in [6.07, 6.45) is 5.28. The molecule has 4 aromatic rings. The molecule has 0 bridgehead atoms. The number of aromatic nitrogens is 4. The van der Waals surface area contributed by atoms with E-state index in [1.54, 1.807) is 42.2 Å². The average Bonchev–Trinajstić information content (AvgIpc) is 3.06. The fourth-order valence-electron chi connectivity index (χ4n) is 2.51. The van der Waals surface area contributed by atoms with Gasteiger partial charge in [-0.1, -0.05) is 12.1 Å². The van der Waals surface area contributed by atoms with E-state index in [4.69, 9.17) is 4.74 Å². The van der Waals surface area contributed by atoms with Crippen LogP contribution in [0.3, 0.4) is 0 Å². The number of anilines is 2. The zero-order chi connectivity index (χ0) is 17.2. The highest BCUT2D eigenvalue weighted by molar-refractivity contribution is 5.78. The fraction of sp³-hybridized carbons (Fsp3) is 0.0556. The van der Waals surface area contributed by atoms with Gasteiger partial charge in [0.05, 0.1) is 25.2 Å². The smallest absolute Gasteiger partial charge is 0.213 e. The van der Waals surface area contributed by atoms with Crippen LogP contribution in [0.5, 0.6) is 11.6 Å². The van der Waals surface area contributed by atoms with Crippen LogP contribution < -0.4 is 10.1 Å². The summed E-state index contributed by atoms with van der Waals surface area (Å²) in [7, 11) is 1.58. The van der Waals surface area contributed by atoms with Gasteiger partial charge in [-0.2, -0.15) is 5.10 Å². The summed E-state index contributed by atoms with van der Waals surface area (Å²) in [5.74, 6) is 1.46. The number of aromatic hydroxyl groups is 1. The summed E-state index contributed by atoms with van der Waals surface area (Å²) in [6.45, 7) is 0. The molecule has 124 valence electrons. The lowest BCUT2D eigenvalue weighted by molar-refractivity contribution is 0.398. The zero-order valence-corrected chi connectivity index (χ0v) is 13.4. The van der Waals surface area contributed by atoms with Gasteiger partial charge in [0, 0.05) is 17.8 Å². The third-order valence-corrected chi connectivity index (χ3v) is 3.77. The molecule has 0 unspecified atom stereocenters. The van der Waals surface area contributed by atoms with Gasteiger partial charge in [0.25, 0.3) is 0 Å². The molecule has 7 heteroatoms. The molecular weight excluding hydrogens is 318 g/mol. The first-order valence-corrected chi connectivity index (χ1v) is 7.64. The summed E-state index contributed by atoms with van der Waals surface area (Å²) in [4.78, 5) is 8.80. The van der Waals surface area contributed by atoms with E-state index in [-0.39, 0.29) is 5.75 Å². The monoisotopic (exact) mass is 333 g/mol. The Hall–Kier alpha value is -3.61. The van der Waals surface area contributed by atoms with E-state index in [9.17, 15) is 5.11 Å². The number of phenolic OH excluding ortho intramolecular Hbond substituents is 1. The van der Waals surface area contributed by atoms with E-state index in [0.29, 0.717) is 11.7 Å². The molecule has 0 saturated heterocycles. The number of benzene rings is 1. The molecule has 3 aromatic heterocycles. The Balaban J connectivity index is 1.68. The Kier molecular flexibility index (Phi) is 3.66. The predicted molar refractivity (Wildman–Crippen MR) is 94.2 cm³/mol. The van der Waals surface area contributed by atoms with Crippen molar-refractivity contribution in [2.75, 3.05) is 12.4 Å². The van der Waals surface area contributed by atoms with Gasteiger partial charge < -0.3 is 15.2 Å². The molecule has 4 rings (SSSR count). The number of hydrogen-bond acceptors (Lipinski definition) is 6. The highest BCUT2D eigenvalue weighted by Crippen LogP contribution is 2.26. The predicted octanol–water partition coefficient (Wildman–Crippen LogP) is 3.25. The van der Waals surface area contributed by atoms with Crippen LogP contribution >= 0.6 is 0 Å². The molecule has 2 N–H and O–H groups in total. The molecule has 0 aliphatic heterocycles. The topological polar surface area (TPSA) is 84.6 Å². The van der Waals surface area contributed by atoms with E-state index in [1.165, 1.54) is 0 Å². The van der Waals surface area contributed by atoms with Gasteiger partial charge in [0.2, 0.25) is 5.88 Å². The Bertz CT molecular complexity index is 1010.